The quantitative estimate of drug-likeness (QED) is 0.0272. The molecule has 0 aliphatic rings. The third kappa shape index (κ3) is 67.7. The number of likely N-dealkylation sites (N-methyl/N-ethyl adjacent to an activating group) is 1. The maximum absolute atomic E-state index is 13.0. The summed E-state index contributed by atoms with van der Waals surface area (Å²) in [7, 11) is 1.24. The number of quaternary nitrogens is 1. The number of nitrogens with one attached hydrogen (secondary N) is 1. The zero-order chi connectivity index (χ0) is 61.2. The topological polar surface area (TPSA) is 108 Å². The Balaban J connectivity index is 4.05. The van der Waals surface area contributed by atoms with Crippen molar-refractivity contribution in [2.45, 2.75) is 373 Å². The van der Waals surface area contributed by atoms with Gasteiger partial charge in [0.15, 0.2) is 0 Å². The lowest BCUT2D eigenvalue weighted by Gasteiger charge is -2.29. The van der Waals surface area contributed by atoms with Crippen molar-refractivity contribution in [3.8, 4) is 0 Å². The van der Waals surface area contributed by atoms with Crippen molar-refractivity contribution in [1.29, 1.82) is 0 Å². The summed E-state index contributed by atoms with van der Waals surface area (Å²) in [5, 5.41) is 13.9. The summed E-state index contributed by atoms with van der Waals surface area (Å²) in [5.41, 5.74) is 0. The van der Waals surface area contributed by atoms with Gasteiger partial charge in [-0.05, 0) is 77.0 Å². The molecule has 3 unspecified atom stereocenters. The van der Waals surface area contributed by atoms with Crippen molar-refractivity contribution in [3.05, 3.63) is 60.8 Å². The number of phosphoric acid groups is 1. The van der Waals surface area contributed by atoms with Crippen LogP contribution in [0.4, 0.5) is 0 Å². The van der Waals surface area contributed by atoms with E-state index in [0.29, 0.717) is 17.4 Å². The summed E-state index contributed by atoms with van der Waals surface area (Å²) in [6.07, 6.45) is 90.8. The fraction of sp³-hybridized carbons (Fsp3) is 0.853. The van der Waals surface area contributed by atoms with E-state index in [1.807, 2.05) is 27.2 Å². The Bertz CT molecular complexity index is 1550. The summed E-state index contributed by atoms with van der Waals surface area (Å²) >= 11 is 0. The molecule has 0 heterocycles. The Kier molecular flexibility index (Phi) is 64.2. The molecular formula is C75H143N2O6P. The van der Waals surface area contributed by atoms with E-state index in [1.54, 1.807) is 6.08 Å². The maximum Gasteiger partial charge on any atom is 0.268 e. The van der Waals surface area contributed by atoms with Gasteiger partial charge in [-0.2, -0.15) is 0 Å². The second-order valence-electron chi connectivity index (χ2n) is 26.3. The summed E-state index contributed by atoms with van der Waals surface area (Å²) in [6.45, 7) is 4.67. The number of amides is 1. The van der Waals surface area contributed by atoms with Gasteiger partial charge in [0, 0.05) is 6.42 Å². The van der Waals surface area contributed by atoms with Crippen LogP contribution in [0.15, 0.2) is 60.8 Å². The predicted molar refractivity (Wildman–Crippen MR) is 367 cm³/mol. The van der Waals surface area contributed by atoms with Crippen molar-refractivity contribution in [2.24, 2.45) is 0 Å². The molecule has 3 atom stereocenters. The van der Waals surface area contributed by atoms with Crippen molar-refractivity contribution in [2.75, 3.05) is 40.9 Å². The average molecular weight is 1200 g/mol. The number of aliphatic hydroxyl groups is 1. The van der Waals surface area contributed by atoms with Gasteiger partial charge in [0.1, 0.15) is 13.2 Å². The van der Waals surface area contributed by atoms with Gasteiger partial charge in [0.05, 0.1) is 39.9 Å². The monoisotopic (exact) mass is 1200 g/mol. The molecular weight excluding hydrogens is 1060 g/mol. The third-order valence-corrected chi connectivity index (χ3v) is 17.6. The molecule has 2 N–H and O–H groups in total. The van der Waals surface area contributed by atoms with Gasteiger partial charge in [0.2, 0.25) is 5.91 Å². The number of carbonyl (C=O) groups excluding carboxylic acids is 1. The normalized spacial score (nSPS) is 13.9. The first-order valence-electron chi connectivity index (χ1n) is 36.7. The van der Waals surface area contributed by atoms with E-state index in [-0.39, 0.29) is 12.5 Å². The van der Waals surface area contributed by atoms with Gasteiger partial charge in [-0.3, -0.25) is 9.36 Å². The minimum Gasteiger partial charge on any atom is -0.756 e. The van der Waals surface area contributed by atoms with Crippen LogP contribution in [-0.4, -0.2) is 68.5 Å². The summed E-state index contributed by atoms with van der Waals surface area (Å²) < 4.78 is 23.4. The van der Waals surface area contributed by atoms with Crippen LogP contribution in [-0.2, 0) is 18.4 Å². The molecule has 0 saturated heterocycles. The second kappa shape index (κ2) is 65.6. The number of allylic oxidation sites excluding steroid dienone is 9. The highest BCUT2D eigenvalue weighted by Gasteiger charge is 2.23. The van der Waals surface area contributed by atoms with Crippen LogP contribution < -0.4 is 10.2 Å². The highest BCUT2D eigenvalue weighted by molar-refractivity contribution is 7.45. The SMILES string of the molecule is CCCCCCCCCCCCCCC/C=C\C/C=C\CCCCCCCCCCCCCCCCCCCC(=O)NC(COP(=O)([O-])OCC[N+](C)(C)C)C(O)/C=C/CC/C=C/CC/C=C/CCCCCCCCCCCCCCCCC. The fourth-order valence-corrected chi connectivity index (χ4v) is 11.7. The van der Waals surface area contributed by atoms with Crippen LogP contribution in [0.5, 0.6) is 0 Å². The molecule has 84 heavy (non-hydrogen) atoms. The molecule has 494 valence electrons. The Morgan fingerprint density at radius 1 is 0.417 bits per heavy atom. The van der Waals surface area contributed by atoms with Gasteiger partial charge in [-0.15, -0.1) is 0 Å². The number of rotatable bonds is 68. The Hall–Kier alpha value is -1.80. The highest BCUT2D eigenvalue weighted by atomic mass is 31.2. The molecule has 9 heteroatoms. The van der Waals surface area contributed by atoms with Crippen LogP contribution in [0, 0.1) is 0 Å². The zero-order valence-corrected chi connectivity index (χ0v) is 57.5. The lowest BCUT2D eigenvalue weighted by atomic mass is 10.0. The van der Waals surface area contributed by atoms with Crippen molar-refractivity contribution < 1.29 is 32.9 Å². The van der Waals surface area contributed by atoms with Gasteiger partial charge in [0.25, 0.3) is 7.82 Å². The lowest BCUT2D eigenvalue weighted by molar-refractivity contribution is -0.870. The molecule has 0 aromatic carbocycles. The van der Waals surface area contributed by atoms with E-state index in [9.17, 15) is 19.4 Å². The number of unbranched alkanes of at least 4 members (excludes halogenated alkanes) is 47. The van der Waals surface area contributed by atoms with E-state index >= 15 is 0 Å². The Morgan fingerprint density at radius 2 is 0.702 bits per heavy atom. The number of hydrogen-bond acceptors (Lipinski definition) is 6. The van der Waals surface area contributed by atoms with Gasteiger partial charge >= 0.3 is 0 Å². The van der Waals surface area contributed by atoms with E-state index in [1.165, 1.54) is 289 Å². The standard InChI is InChI=1S/C75H143N2O6P/c1-6-8-10-12-14-16-18-20-22-24-26-28-30-32-33-34-35-36-37-38-39-40-41-42-43-45-47-49-51-53-55-57-59-61-63-65-67-69-75(79)76-73(72-83-84(80,81)82-71-70-77(3,4)5)74(78)68-66-64-62-60-58-56-54-52-50-48-46-44-31-29-27-25-23-21-19-17-15-13-11-9-7-2/h33-34,36-37,50,52,58,60,66,68,73-74,78H,6-32,35,38-49,51,53-57,59,61-65,67,69-72H2,1-5H3,(H-,76,79,80,81)/b34-33-,37-36-,52-50+,60-58+,68-66+. The van der Waals surface area contributed by atoms with E-state index < -0.39 is 26.6 Å². The van der Waals surface area contributed by atoms with Crippen LogP contribution in [0.1, 0.15) is 361 Å². The minimum absolute atomic E-state index is 0.00928. The molecule has 0 rings (SSSR count). The number of aliphatic hydroxyl groups excluding tert-OH is 1. The van der Waals surface area contributed by atoms with E-state index in [4.69, 9.17) is 9.05 Å². The lowest BCUT2D eigenvalue weighted by Crippen LogP contribution is -2.45. The maximum atomic E-state index is 13.0. The summed E-state index contributed by atoms with van der Waals surface area (Å²) in [6, 6.07) is -0.913. The summed E-state index contributed by atoms with van der Waals surface area (Å²) in [5.74, 6) is -0.207. The van der Waals surface area contributed by atoms with Crippen LogP contribution in [0.25, 0.3) is 0 Å². The largest absolute Gasteiger partial charge is 0.756 e. The van der Waals surface area contributed by atoms with Crippen molar-refractivity contribution in [1.82, 2.24) is 5.32 Å². The first kappa shape index (κ1) is 82.2. The van der Waals surface area contributed by atoms with Crippen LogP contribution in [0.3, 0.4) is 0 Å². The molecule has 0 fully saturated rings. The molecule has 0 aromatic heterocycles. The number of nitrogens with zero attached hydrogens (tertiary/aromatic N) is 1. The molecule has 0 aliphatic carbocycles. The first-order valence-corrected chi connectivity index (χ1v) is 38.1. The van der Waals surface area contributed by atoms with E-state index in [0.717, 1.165) is 51.4 Å². The predicted octanol–water partition coefficient (Wildman–Crippen LogP) is 22.9. The second-order valence-corrected chi connectivity index (χ2v) is 27.7. The van der Waals surface area contributed by atoms with Gasteiger partial charge < -0.3 is 28.8 Å². The van der Waals surface area contributed by atoms with Crippen LogP contribution >= 0.6 is 7.82 Å². The molecule has 8 nitrogen and oxygen atoms in total. The molecule has 0 spiro atoms. The van der Waals surface area contributed by atoms with Gasteiger partial charge in [-0.25, -0.2) is 0 Å². The summed E-state index contributed by atoms with van der Waals surface area (Å²) in [4.78, 5) is 25.6. The zero-order valence-electron chi connectivity index (χ0n) is 56.6. The number of phosphoric ester groups is 1. The molecule has 0 aliphatic heterocycles. The first-order chi connectivity index (χ1) is 41.0. The number of hydrogen-bond donors (Lipinski definition) is 2. The van der Waals surface area contributed by atoms with Crippen molar-refractivity contribution >= 4 is 13.7 Å². The van der Waals surface area contributed by atoms with Crippen molar-refractivity contribution in [3.63, 3.8) is 0 Å². The molecule has 0 radical (unpaired) electrons. The molecule has 1 amide bonds. The Labute approximate surface area is 523 Å². The smallest absolute Gasteiger partial charge is 0.268 e. The van der Waals surface area contributed by atoms with E-state index in [2.05, 4.69) is 67.8 Å². The fourth-order valence-electron chi connectivity index (χ4n) is 11.0. The average Bonchev–Trinajstić information content (AvgIpc) is 3.56. The van der Waals surface area contributed by atoms with Gasteiger partial charge in [-0.1, -0.05) is 338 Å². The molecule has 0 aromatic rings. The number of carbonyl (C=O) groups is 1. The third-order valence-electron chi connectivity index (χ3n) is 16.7. The molecule has 0 bridgehead atoms. The molecule has 0 saturated carbocycles. The van der Waals surface area contributed by atoms with Crippen LogP contribution in [0.2, 0.25) is 0 Å². The highest BCUT2D eigenvalue weighted by Crippen LogP contribution is 2.38. The minimum atomic E-state index is -4.62. The Morgan fingerprint density at radius 3 is 1.04 bits per heavy atom.